The van der Waals surface area contributed by atoms with Gasteiger partial charge in [-0.2, -0.15) is 13.2 Å². The second-order valence-electron chi connectivity index (χ2n) is 4.99. The standard InChI is InChI=1S/C14H17BrF3NO/c15-12-8-11(14(16,17)18)3-4-13(12)20-7-5-10-2-1-6-19-9-10/h3-4,8,10,19H,1-2,5-7,9H2. The second kappa shape index (κ2) is 6.80. The van der Waals surface area contributed by atoms with Crippen molar-refractivity contribution in [3.8, 4) is 5.75 Å². The summed E-state index contributed by atoms with van der Waals surface area (Å²) >= 11 is 3.13. The Bertz CT molecular complexity index is 445. The van der Waals surface area contributed by atoms with Crippen molar-refractivity contribution in [1.29, 1.82) is 0 Å². The molecule has 1 aliphatic heterocycles. The van der Waals surface area contributed by atoms with Crippen LogP contribution in [0.1, 0.15) is 24.8 Å². The largest absolute Gasteiger partial charge is 0.492 e. The van der Waals surface area contributed by atoms with Crippen molar-refractivity contribution >= 4 is 15.9 Å². The monoisotopic (exact) mass is 351 g/mol. The molecule has 0 bridgehead atoms. The third-order valence-electron chi connectivity index (χ3n) is 3.44. The number of hydrogen-bond donors (Lipinski definition) is 1. The molecule has 1 heterocycles. The highest BCUT2D eigenvalue weighted by molar-refractivity contribution is 9.10. The predicted octanol–water partition coefficient (Wildman–Crippen LogP) is 4.24. The maximum absolute atomic E-state index is 12.5. The first-order chi connectivity index (χ1) is 9.47. The van der Waals surface area contributed by atoms with Gasteiger partial charge in [-0.1, -0.05) is 0 Å². The molecular formula is C14H17BrF3NO. The fourth-order valence-electron chi connectivity index (χ4n) is 2.30. The third-order valence-corrected chi connectivity index (χ3v) is 4.06. The Kier molecular flexibility index (Phi) is 5.32. The van der Waals surface area contributed by atoms with Crippen LogP contribution in [0.5, 0.6) is 5.75 Å². The summed E-state index contributed by atoms with van der Waals surface area (Å²) in [6.07, 6.45) is -1.05. The minimum absolute atomic E-state index is 0.342. The number of alkyl halides is 3. The van der Waals surface area contributed by atoms with Crippen molar-refractivity contribution in [2.45, 2.75) is 25.4 Å². The molecule has 1 unspecified atom stereocenters. The summed E-state index contributed by atoms with van der Waals surface area (Å²) in [6.45, 7) is 2.59. The molecular weight excluding hydrogens is 335 g/mol. The van der Waals surface area contributed by atoms with E-state index in [1.54, 1.807) is 0 Å². The van der Waals surface area contributed by atoms with Gasteiger partial charge in [0.2, 0.25) is 0 Å². The predicted molar refractivity (Wildman–Crippen MR) is 74.8 cm³/mol. The van der Waals surface area contributed by atoms with Gasteiger partial charge in [-0.3, -0.25) is 0 Å². The van der Waals surface area contributed by atoms with Crippen molar-refractivity contribution in [1.82, 2.24) is 5.32 Å². The fraction of sp³-hybridized carbons (Fsp3) is 0.571. The van der Waals surface area contributed by atoms with E-state index in [0.717, 1.165) is 31.6 Å². The van der Waals surface area contributed by atoms with Crippen LogP contribution >= 0.6 is 15.9 Å². The quantitative estimate of drug-likeness (QED) is 0.875. The van der Waals surface area contributed by atoms with E-state index in [1.165, 1.54) is 18.9 Å². The molecule has 1 fully saturated rings. The lowest BCUT2D eigenvalue weighted by atomic mass is 9.97. The Hall–Kier alpha value is -0.750. The minimum atomic E-state index is -4.32. The topological polar surface area (TPSA) is 21.3 Å². The average Bonchev–Trinajstić information content (AvgIpc) is 2.40. The van der Waals surface area contributed by atoms with E-state index in [2.05, 4.69) is 21.2 Å². The molecule has 1 aromatic carbocycles. The summed E-state index contributed by atoms with van der Waals surface area (Å²) in [6, 6.07) is 3.46. The van der Waals surface area contributed by atoms with Gasteiger partial charge in [-0.15, -0.1) is 0 Å². The Balaban J connectivity index is 1.86. The number of piperidine rings is 1. The summed E-state index contributed by atoms with van der Waals surface area (Å²) in [5, 5.41) is 3.33. The van der Waals surface area contributed by atoms with Gasteiger partial charge in [0.05, 0.1) is 16.6 Å². The van der Waals surface area contributed by atoms with Crippen molar-refractivity contribution in [3.63, 3.8) is 0 Å². The lowest BCUT2D eigenvalue weighted by Gasteiger charge is -2.22. The van der Waals surface area contributed by atoms with Gasteiger partial charge < -0.3 is 10.1 Å². The van der Waals surface area contributed by atoms with Crippen molar-refractivity contribution < 1.29 is 17.9 Å². The molecule has 1 aliphatic rings. The molecule has 0 spiro atoms. The Morgan fingerprint density at radius 2 is 2.15 bits per heavy atom. The highest BCUT2D eigenvalue weighted by Crippen LogP contribution is 2.35. The van der Waals surface area contributed by atoms with Crippen LogP contribution in [0.15, 0.2) is 22.7 Å². The first kappa shape index (κ1) is 15.6. The molecule has 6 heteroatoms. The van der Waals surface area contributed by atoms with E-state index >= 15 is 0 Å². The maximum atomic E-state index is 12.5. The van der Waals surface area contributed by atoms with Crippen molar-refractivity contribution in [2.75, 3.05) is 19.7 Å². The van der Waals surface area contributed by atoms with E-state index < -0.39 is 11.7 Å². The van der Waals surface area contributed by atoms with Crippen LogP contribution in [0.4, 0.5) is 13.2 Å². The van der Waals surface area contributed by atoms with E-state index in [9.17, 15) is 13.2 Å². The van der Waals surface area contributed by atoms with Crippen LogP contribution < -0.4 is 10.1 Å². The molecule has 1 atom stereocenters. The van der Waals surface area contributed by atoms with Gasteiger partial charge in [0.25, 0.3) is 0 Å². The molecule has 0 radical (unpaired) electrons. The summed E-state index contributed by atoms with van der Waals surface area (Å²) in [5.41, 5.74) is -0.673. The van der Waals surface area contributed by atoms with E-state index in [0.29, 0.717) is 22.7 Å². The number of nitrogens with one attached hydrogen (secondary N) is 1. The molecule has 1 N–H and O–H groups in total. The van der Waals surface area contributed by atoms with Gasteiger partial charge in [-0.25, -0.2) is 0 Å². The van der Waals surface area contributed by atoms with Gasteiger partial charge in [-0.05, 0) is 72.4 Å². The average molecular weight is 352 g/mol. The number of rotatable bonds is 4. The van der Waals surface area contributed by atoms with E-state index in [4.69, 9.17) is 4.74 Å². The van der Waals surface area contributed by atoms with E-state index in [1.807, 2.05) is 0 Å². The zero-order chi connectivity index (χ0) is 14.6. The highest BCUT2D eigenvalue weighted by atomic mass is 79.9. The molecule has 1 aromatic rings. The summed E-state index contributed by atoms with van der Waals surface area (Å²) < 4.78 is 43.5. The highest BCUT2D eigenvalue weighted by Gasteiger charge is 2.30. The van der Waals surface area contributed by atoms with Crippen LogP contribution in [-0.4, -0.2) is 19.7 Å². The number of hydrogen-bond acceptors (Lipinski definition) is 2. The summed E-state index contributed by atoms with van der Waals surface area (Å²) in [7, 11) is 0. The Labute approximate surface area is 124 Å². The zero-order valence-electron chi connectivity index (χ0n) is 11.0. The first-order valence-corrected chi connectivity index (χ1v) is 7.46. The first-order valence-electron chi connectivity index (χ1n) is 6.67. The smallest absolute Gasteiger partial charge is 0.416 e. The minimum Gasteiger partial charge on any atom is -0.492 e. The van der Waals surface area contributed by atoms with Crippen LogP contribution in [-0.2, 0) is 6.18 Å². The lowest BCUT2D eigenvalue weighted by Crippen LogP contribution is -2.30. The lowest BCUT2D eigenvalue weighted by molar-refractivity contribution is -0.137. The number of halogens is 4. The van der Waals surface area contributed by atoms with Crippen LogP contribution in [0, 0.1) is 5.92 Å². The van der Waals surface area contributed by atoms with Crippen LogP contribution in [0.3, 0.4) is 0 Å². The van der Waals surface area contributed by atoms with Crippen molar-refractivity contribution in [3.05, 3.63) is 28.2 Å². The Morgan fingerprint density at radius 1 is 1.35 bits per heavy atom. The molecule has 20 heavy (non-hydrogen) atoms. The Morgan fingerprint density at radius 3 is 2.75 bits per heavy atom. The van der Waals surface area contributed by atoms with E-state index in [-0.39, 0.29) is 0 Å². The molecule has 0 amide bonds. The molecule has 1 saturated heterocycles. The number of ether oxygens (including phenoxy) is 1. The van der Waals surface area contributed by atoms with Crippen LogP contribution in [0.2, 0.25) is 0 Å². The molecule has 2 nitrogen and oxygen atoms in total. The third kappa shape index (κ3) is 4.38. The van der Waals surface area contributed by atoms with Gasteiger partial charge in [0, 0.05) is 0 Å². The van der Waals surface area contributed by atoms with Crippen LogP contribution in [0.25, 0.3) is 0 Å². The maximum Gasteiger partial charge on any atom is 0.416 e. The summed E-state index contributed by atoms with van der Waals surface area (Å²) in [4.78, 5) is 0. The van der Waals surface area contributed by atoms with Crippen molar-refractivity contribution in [2.24, 2.45) is 5.92 Å². The molecule has 0 aliphatic carbocycles. The van der Waals surface area contributed by atoms with Gasteiger partial charge in [0.1, 0.15) is 5.75 Å². The summed E-state index contributed by atoms with van der Waals surface area (Å²) in [5.74, 6) is 1.05. The molecule has 0 saturated carbocycles. The molecule has 112 valence electrons. The second-order valence-corrected chi connectivity index (χ2v) is 5.85. The van der Waals surface area contributed by atoms with Gasteiger partial charge in [0.15, 0.2) is 0 Å². The molecule has 0 aromatic heterocycles. The normalized spacial score (nSPS) is 19.9. The number of benzene rings is 1. The zero-order valence-corrected chi connectivity index (χ0v) is 12.6. The SMILES string of the molecule is FC(F)(F)c1ccc(OCCC2CCCNC2)c(Br)c1. The molecule has 2 rings (SSSR count). The fourth-order valence-corrected chi connectivity index (χ4v) is 2.79. The van der Waals surface area contributed by atoms with Gasteiger partial charge >= 0.3 is 6.18 Å².